The Kier molecular flexibility index (Phi) is 2.98. The number of hydrogen-bond acceptors (Lipinski definition) is 3. The molecule has 2 rings (SSSR count). The van der Waals surface area contributed by atoms with Gasteiger partial charge in [0.05, 0.1) is 5.56 Å². The van der Waals surface area contributed by atoms with E-state index in [-0.39, 0.29) is 10.4 Å². The van der Waals surface area contributed by atoms with Crippen molar-refractivity contribution in [1.82, 2.24) is 4.57 Å². The van der Waals surface area contributed by atoms with Crippen LogP contribution in [0.25, 0.3) is 11.3 Å². The van der Waals surface area contributed by atoms with Gasteiger partial charge >= 0.3 is 0 Å². The van der Waals surface area contributed by atoms with E-state index >= 15 is 0 Å². The minimum atomic E-state index is -0.114. The summed E-state index contributed by atoms with van der Waals surface area (Å²) in [5, 5.41) is 0. The summed E-state index contributed by atoms with van der Waals surface area (Å²) in [6.07, 6.45) is 0. The van der Waals surface area contributed by atoms with E-state index in [0.29, 0.717) is 11.3 Å². The van der Waals surface area contributed by atoms with Crippen LogP contribution in [0.4, 0.5) is 0 Å². The molecular formula is C13H13NO2S. The third kappa shape index (κ3) is 2.08. The molecule has 17 heavy (non-hydrogen) atoms. The summed E-state index contributed by atoms with van der Waals surface area (Å²) in [7, 11) is 1.61. The standard InChI is InChI=1S/C13H13NO2S/c1-8-4-6-10(7-5-8)11-9(2)12(15)14(3)13(17)16-11/h4-7H,1-3H3. The van der Waals surface area contributed by atoms with E-state index in [1.807, 2.05) is 31.2 Å². The molecule has 3 nitrogen and oxygen atoms in total. The van der Waals surface area contributed by atoms with Crippen LogP contribution < -0.4 is 5.56 Å². The van der Waals surface area contributed by atoms with E-state index in [4.69, 9.17) is 16.6 Å². The highest BCUT2D eigenvalue weighted by molar-refractivity contribution is 7.71. The fraction of sp³-hybridized carbons (Fsp3) is 0.231. The van der Waals surface area contributed by atoms with Crippen LogP contribution in [0.1, 0.15) is 11.1 Å². The first-order valence-electron chi connectivity index (χ1n) is 5.28. The Labute approximate surface area is 104 Å². The molecule has 1 heterocycles. The van der Waals surface area contributed by atoms with Gasteiger partial charge in [0.1, 0.15) is 5.76 Å². The first kappa shape index (κ1) is 11.8. The molecule has 0 aliphatic carbocycles. The second-order valence-corrected chi connectivity index (χ2v) is 4.40. The van der Waals surface area contributed by atoms with Crippen LogP contribution in [0.2, 0.25) is 0 Å². The Morgan fingerprint density at radius 3 is 2.35 bits per heavy atom. The van der Waals surface area contributed by atoms with Gasteiger partial charge in [-0.25, -0.2) is 0 Å². The fourth-order valence-electron chi connectivity index (χ4n) is 1.64. The molecule has 0 amide bonds. The lowest BCUT2D eigenvalue weighted by molar-refractivity contribution is 0.478. The van der Waals surface area contributed by atoms with Crippen LogP contribution >= 0.6 is 12.2 Å². The summed E-state index contributed by atoms with van der Waals surface area (Å²) >= 11 is 5.01. The predicted molar refractivity (Wildman–Crippen MR) is 69.7 cm³/mol. The van der Waals surface area contributed by atoms with Gasteiger partial charge in [0.25, 0.3) is 10.4 Å². The second kappa shape index (κ2) is 4.30. The van der Waals surface area contributed by atoms with E-state index in [2.05, 4.69) is 0 Å². The molecular weight excluding hydrogens is 234 g/mol. The lowest BCUT2D eigenvalue weighted by atomic mass is 10.1. The van der Waals surface area contributed by atoms with Gasteiger partial charge in [0.2, 0.25) is 0 Å². The summed E-state index contributed by atoms with van der Waals surface area (Å²) in [6, 6.07) is 7.81. The number of nitrogens with zero attached hydrogens (tertiary/aromatic N) is 1. The Bertz CT molecular complexity index is 665. The Morgan fingerprint density at radius 1 is 1.18 bits per heavy atom. The van der Waals surface area contributed by atoms with E-state index in [9.17, 15) is 4.79 Å². The molecule has 0 aliphatic heterocycles. The maximum Gasteiger partial charge on any atom is 0.271 e. The summed E-state index contributed by atoms with van der Waals surface area (Å²) in [5.74, 6) is 0.554. The third-order valence-corrected chi connectivity index (χ3v) is 3.10. The summed E-state index contributed by atoms with van der Waals surface area (Å²) in [4.78, 5) is 12.1. The van der Waals surface area contributed by atoms with Crippen molar-refractivity contribution in [2.45, 2.75) is 13.8 Å². The molecule has 0 radical (unpaired) electrons. The molecule has 0 fully saturated rings. The molecule has 0 bridgehead atoms. The van der Waals surface area contributed by atoms with Crippen LogP contribution in [0, 0.1) is 18.7 Å². The Balaban J connectivity index is 2.73. The molecule has 1 aromatic heterocycles. The van der Waals surface area contributed by atoms with Crippen molar-refractivity contribution in [2.24, 2.45) is 7.05 Å². The van der Waals surface area contributed by atoms with E-state index in [1.54, 1.807) is 14.0 Å². The van der Waals surface area contributed by atoms with Crippen molar-refractivity contribution < 1.29 is 4.42 Å². The fourth-order valence-corrected chi connectivity index (χ4v) is 1.81. The maximum absolute atomic E-state index is 11.9. The Morgan fingerprint density at radius 2 is 1.76 bits per heavy atom. The number of benzene rings is 1. The number of hydrogen-bond donors (Lipinski definition) is 0. The summed E-state index contributed by atoms with van der Waals surface area (Å²) in [5.41, 5.74) is 2.49. The van der Waals surface area contributed by atoms with Gasteiger partial charge in [-0.2, -0.15) is 0 Å². The van der Waals surface area contributed by atoms with Gasteiger partial charge in [0.15, 0.2) is 0 Å². The first-order valence-corrected chi connectivity index (χ1v) is 5.69. The molecule has 0 saturated carbocycles. The molecule has 4 heteroatoms. The van der Waals surface area contributed by atoms with Crippen LogP contribution in [0.3, 0.4) is 0 Å². The highest BCUT2D eigenvalue weighted by Crippen LogP contribution is 2.21. The lowest BCUT2D eigenvalue weighted by Crippen LogP contribution is -2.20. The zero-order chi connectivity index (χ0) is 12.6. The molecule has 0 saturated heterocycles. The average molecular weight is 247 g/mol. The minimum absolute atomic E-state index is 0.114. The summed E-state index contributed by atoms with van der Waals surface area (Å²) < 4.78 is 6.86. The molecule has 2 aromatic rings. The normalized spacial score (nSPS) is 10.5. The van der Waals surface area contributed by atoms with Gasteiger partial charge in [0, 0.05) is 12.6 Å². The van der Waals surface area contributed by atoms with Crippen molar-refractivity contribution in [1.29, 1.82) is 0 Å². The molecule has 0 N–H and O–H groups in total. The highest BCUT2D eigenvalue weighted by atomic mass is 32.1. The van der Waals surface area contributed by atoms with Crippen LogP contribution in [-0.4, -0.2) is 4.57 Å². The van der Waals surface area contributed by atoms with Crippen molar-refractivity contribution in [3.8, 4) is 11.3 Å². The summed E-state index contributed by atoms with van der Waals surface area (Å²) in [6.45, 7) is 3.76. The molecule has 0 atom stereocenters. The van der Waals surface area contributed by atoms with Crippen LogP contribution in [0.15, 0.2) is 33.5 Å². The van der Waals surface area contributed by atoms with Gasteiger partial charge < -0.3 is 4.42 Å². The van der Waals surface area contributed by atoms with Gasteiger partial charge in [-0.1, -0.05) is 29.8 Å². The number of aryl methyl sites for hydroxylation is 1. The highest BCUT2D eigenvalue weighted by Gasteiger charge is 2.10. The minimum Gasteiger partial charge on any atom is -0.430 e. The van der Waals surface area contributed by atoms with Gasteiger partial charge in [-0.15, -0.1) is 0 Å². The average Bonchev–Trinajstić information content (AvgIpc) is 2.32. The second-order valence-electron chi connectivity index (χ2n) is 4.05. The van der Waals surface area contributed by atoms with E-state index in [0.717, 1.165) is 11.1 Å². The molecule has 1 aromatic carbocycles. The molecule has 88 valence electrons. The topological polar surface area (TPSA) is 35.1 Å². The predicted octanol–water partition coefficient (Wildman–Crippen LogP) is 2.99. The molecule has 0 aliphatic rings. The smallest absolute Gasteiger partial charge is 0.271 e. The Hall–Kier alpha value is -1.68. The monoisotopic (exact) mass is 247 g/mol. The zero-order valence-corrected chi connectivity index (χ0v) is 10.8. The SMILES string of the molecule is Cc1ccc(-c2oc(=S)n(C)c(=O)c2C)cc1. The molecule has 0 spiro atoms. The van der Waals surface area contributed by atoms with E-state index < -0.39 is 0 Å². The van der Waals surface area contributed by atoms with Crippen molar-refractivity contribution >= 4 is 12.2 Å². The van der Waals surface area contributed by atoms with E-state index in [1.165, 1.54) is 4.57 Å². The third-order valence-electron chi connectivity index (χ3n) is 2.74. The van der Waals surface area contributed by atoms with Crippen LogP contribution in [-0.2, 0) is 7.05 Å². The lowest BCUT2D eigenvalue weighted by Gasteiger charge is -2.06. The van der Waals surface area contributed by atoms with Crippen molar-refractivity contribution in [3.05, 3.63) is 50.6 Å². The van der Waals surface area contributed by atoms with Gasteiger partial charge in [-0.3, -0.25) is 9.36 Å². The quantitative estimate of drug-likeness (QED) is 0.727. The largest absolute Gasteiger partial charge is 0.430 e. The molecule has 0 unspecified atom stereocenters. The van der Waals surface area contributed by atoms with Crippen LogP contribution in [0.5, 0.6) is 0 Å². The number of aromatic nitrogens is 1. The van der Waals surface area contributed by atoms with Crippen molar-refractivity contribution in [2.75, 3.05) is 0 Å². The number of rotatable bonds is 1. The maximum atomic E-state index is 11.9. The van der Waals surface area contributed by atoms with Crippen molar-refractivity contribution in [3.63, 3.8) is 0 Å². The van der Waals surface area contributed by atoms with Gasteiger partial charge in [-0.05, 0) is 26.1 Å². The zero-order valence-electron chi connectivity index (χ0n) is 9.98. The first-order chi connectivity index (χ1) is 8.00.